The highest BCUT2D eigenvalue weighted by Crippen LogP contribution is 2.23. The van der Waals surface area contributed by atoms with Gasteiger partial charge in [-0.1, -0.05) is 30.3 Å². The van der Waals surface area contributed by atoms with Crippen LogP contribution >= 0.6 is 0 Å². The zero-order chi connectivity index (χ0) is 14.8. The van der Waals surface area contributed by atoms with E-state index < -0.39 is 21.1 Å². The minimum absolute atomic E-state index is 0.116. The number of hydrogen-bond donors (Lipinski definition) is 1. The number of rotatable bonds is 5. The number of sulfone groups is 1. The molecule has 1 atom stereocenters. The zero-order valence-electron chi connectivity index (χ0n) is 11.1. The minimum Gasteiger partial charge on any atom is -0.481 e. The smallest absolute Gasteiger partial charge is 0.303 e. The third kappa shape index (κ3) is 2.99. The van der Waals surface area contributed by atoms with Gasteiger partial charge in [0.05, 0.1) is 10.1 Å². The van der Waals surface area contributed by atoms with Gasteiger partial charge in [0.25, 0.3) is 0 Å². The van der Waals surface area contributed by atoms with Gasteiger partial charge >= 0.3 is 5.97 Å². The van der Waals surface area contributed by atoms with Crippen molar-refractivity contribution in [3.63, 3.8) is 0 Å². The second-order valence-corrected chi connectivity index (χ2v) is 7.16. The van der Waals surface area contributed by atoms with Crippen LogP contribution in [0.1, 0.15) is 19.8 Å². The van der Waals surface area contributed by atoms with Crippen molar-refractivity contribution in [1.29, 1.82) is 0 Å². The molecule has 106 valence electrons. The van der Waals surface area contributed by atoms with Crippen LogP contribution in [0.15, 0.2) is 47.4 Å². The third-order valence-corrected chi connectivity index (χ3v) is 5.55. The predicted octanol–water partition coefficient (Wildman–Crippen LogP) is 2.87. The molecular formula is C15H16O4S. The second-order valence-electron chi connectivity index (χ2n) is 4.80. The highest BCUT2D eigenvalue weighted by molar-refractivity contribution is 7.92. The number of benzene rings is 2. The first-order valence-corrected chi connectivity index (χ1v) is 7.90. The fourth-order valence-electron chi connectivity index (χ4n) is 2.06. The highest BCUT2D eigenvalue weighted by Gasteiger charge is 2.23. The Morgan fingerprint density at radius 2 is 1.80 bits per heavy atom. The predicted molar refractivity (Wildman–Crippen MR) is 77.5 cm³/mol. The van der Waals surface area contributed by atoms with Gasteiger partial charge in [0.2, 0.25) is 0 Å². The molecule has 0 spiro atoms. The molecule has 2 aromatic carbocycles. The maximum atomic E-state index is 12.4. The molecule has 1 unspecified atom stereocenters. The summed E-state index contributed by atoms with van der Waals surface area (Å²) in [6.45, 7) is 1.55. The number of carboxylic acid groups (broad SMARTS) is 1. The van der Waals surface area contributed by atoms with Gasteiger partial charge in [0, 0.05) is 6.42 Å². The maximum absolute atomic E-state index is 12.4. The van der Waals surface area contributed by atoms with Gasteiger partial charge in [0.15, 0.2) is 9.84 Å². The van der Waals surface area contributed by atoms with E-state index >= 15 is 0 Å². The zero-order valence-corrected chi connectivity index (χ0v) is 11.9. The van der Waals surface area contributed by atoms with E-state index in [1.807, 2.05) is 24.3 Å². The molecule has 0 fully saturated rings. The topological polar surface area (TPSA) is 71.4 Å². The SMILES string of the molecule is CC(CCC(=O)O)S(=O)(=O)c1ccc2ccccc2c1. The van der Waals surface area contributed by atoms with Gasteiger partial charge in [-0.3, -0.25) is 4.79 Å². The van der Waals surface area contributed by atoms with Crippen molar-refractivity contribution in [2.24, 2.45) is 0 Å². The molecule has 4 nitrogen and oxygen atoms in total. The maximum Gasteiger partial charge on any atom is 0.303 e. The van der Waals surface area contributed by atoms with Crippen LogP contribution in [0.25, 0.3) is 10.8 Å². The molecule has 0 amide bonds. The molecular weight excluding hydrogens is 276 g/mol. The van der Waals surface area contributed by atoms with E-state index in [0.29, 0.717) is 0 Å². The van der Waals surface area contributed by atoms with Gasteiger partial charge in [-0.25, -0.2) is 8.42 Å². The Balaban J connectivity index is 2.33. The molecule has 0 radical (unpaired) electrons. The molecule has 0 aliphatic rings. The summed E-state index contributed by atoms with van der Waals surface area (Å²) < 4.78 is 24.8. The first-order valence-electron chi connectivity index (χ1n) is 6.36. The lowest BCUT2D eigenvalue weighted by Gasteiger charge is -2.12. The Morgan fingerprint density at radius 3 is 2.45 bits per heavy atom. The highest BCUT2D eigenvalue weighted by atomic mass is 32.2. The summed E-state index contributed by atoms with van der Waals surface area (Å²) in [5.41, 5.74) is 0. The molecule has 20 heavy (non-hydrogen) atoms. The van der Waals surface area contributed by atoms with E-state index in [1.54, 1.807) is 25.1 Å². The monoisotopic (exact) mass is 292 g/mol. The van der Waals surface area contributed by atoms with Crippen LogP contribution in [-0.4, -0.2) is 24.7 Å². The lowest BCUT2D eigenvalue weighted by atomic mass is 10.1. The lowest BCUT2D eigenvalue weighted by Crippen LogP contribution is -2.19. The molecule has 2 rings (SSSR count). The van der Waals surface area contributed by atoms with Crippen molar-refractivity contribution in [2.75, 3.05) is 0 Å². The Labute approximate surface area is 118 Å². The summed E-state index contributed by atoms with van der Waals surface area (Å²) >= 11 is 0. The van der Waals surface area contributed by atoms with Gasteiger partial charge in [-0.15, -0.1) is 0 Å². The molecule has 0 aromatic heterocycles. The van der Waals surface area contributed by atoms with Crippen molar-refractivity contribution in [2.45, 2.75) is 29.9 Å². The van der Waals surface area contributed by atoms with Gasteiger partial charge in [-0.05, 0) is 36.2 Å². The number of carbonyl (C=O) groups is 1. The summed E-state index contributed by atoms with van der Waals surface area (Å²) in [7, 11) is -3.49. The van der Waals surface area contributed by atoms with Crippen LogP contribution in [0.4, 0.5) is 0 Å². The Kier molecular flexibility index (Phi) is 4.09. The van der Waals surface area contributed by atoms with E-state index in [2.05, 4.69) is 0 Å². The van der Waals surface area contributed by atoms with Crippen molar-refractivity contribution in [3.8, 4) is 0 Å². The summed E-state index contributed by atoms with van der Waals surface area (Å²) in [4.78, 5) is 10.8. The second kappa shape index (κ2) is 5.63. The number of carboxylic acids is 1. The standard InChI is InChI=1S/C15H16O4S/c1-11(6-9-15(16)17)20(18,19)14-8-7-12-4-2-3-5-13(12)10-14/h2-5,7-8,10-11H,6,9H2,1H3,(H,16,17). The van der Waals surface area contributed by atoms with Crippen molar-refractivity contribution in [3.05, 3.63) is 42.5 Å². The van der Waals surface area contributed by atoms with E-state index in [0.717, 1.165) is 10.8 Å². The Hall–Kier alpha value is -1.88. The average Bonchev–Trinajstić information content (AvgIpc) is 2.44. The summed E-state index contributed by atoms with van der Waals surface area (Å²) in [5, 5.41) is 9.77. The van der Waals surface area contributed by atoms with E-state index in [1.165, 1.54) is 0 Å². The summed E-state index contributed by atoms with van der Waals surface area (Å²) in [6, 6.07) is 12.5. The molecule has 0 saturated carbocycles. The molecule has 0 aliphatic heterocycles. The van der Waals surface area contributed by atoms with E-state index in [-0.39, 0.29) is 17.7 Å². The van der Waals surface area contributed by atoms with Gasteiger partial charge in [-0.2, -0.15) is 0 Å². The molecule has 0 heterocycles. The molecule has 0 saturated heterocycles. The van der Waals surface area contributed by atoms with Crippen molar-refractivity contribution < 1.29 is 18.3 Å². The molecule has 0 aliphatic carbocycles. The van der Waals surface area contributed by atoms with Gasteiger partial charge in [0.1, 0.15) is 0 Å². The van der Waals surface area contributed by atoms with E-state index in [4.69, 9.17) is 5.11 Å². The average molecular weight is 292 g/mol. The number of aliphatic carboxylic acids is 1. The van der Waals surface area contributed by atoms with Crippen LogP contribution in [0.5, 0.6) is 0 Å². The number of fused-ring (bicyclic) bond motifs is 1. The summed E-state index contributed by atoms with van der Waals surface area (Å²) in [5.74, 6) is -0.981. The van der Waals surface area contributed by atoms with Crippen molar-refractivity contribution >= 4 is 26.6 Å². The molecule has 2 aromatic rings. The van der Waals surface area contributed by atoms with E-state index in [9.17, 15) is 13.2 Å². The first kappa shape index (κ1) is 14.5. The number of hydrogen-bond acceptors (Lipinski definition) is 3. The molecule has 5 heteroatoms. The normalized spacial score (nSPS) is 13.2. The fraction of sp³-hybridized carbons (Fsp3) is 0.267. The first-order chi connectivity index (χ1) is 9.41. The van der Waals surface area contributed by atoms with Crippen molar-refractivity contribution in [1.82, 2.24) is 0 Å². The minimum atomic E-state index is -3.49. The largest absolute Gasteiger partial charge is 0.481 e. The Morgan fingerprint density at radius 1 is 1.15 bits per heavy atom. The lowest BCUT2D eigenvalue weighted by molar-refractivity contribution is -0.137. The van der Waals surface area contributed by atoms with Crippen LogP contribution in [-0.2, 0) is 14.6 Å². The quantitative estimate of drug-likeness (QED) is 0.919. The van der Waals surface area contributed by atoms with Crippen LogP contribution in [0.2, 0.25) is 0 Å². The molecule has 1 N–H and O–H groups in total. The fourth-order valence-corrected chi connectivity index (χ4v) is 3.50. The van der Waals surface area contributed by atoms with Crippen LogP contribution < -0.4 is 0 Å². The van der Waals surface area contributed by atoms with Crippen LogP contribution in [0, 0.1) is 0 Å². The molecule has 0 bridgehead atoms. The summed E-state index contributed by atoms with van der Waals surface area (Å²) in [6.07, 6.45) is -0.0293. The van der Waals surface area contributed by atoms with Gasteiger partial charge < -0.3 is 5.11 Å². The third-order valence-electron chi connectivity index (χ3n) is 3.34. The van der Waals surface area contributed by atoms with Crippen LogP contribution in [0.3, 0.4) is 0 Å². The Bertz CT molecular complexity index is 734.